The van der Waals surface area contributed by atoms with Gasteiger partial charge in [0.1, 0.15) is 6.07 Å². The maximum atomic E-state index is 12.7. The summed E-state index contributed by atoms with van der Waals surface area (Å²) in [6.45, 7) is 5.90. The Labute approximate surface area is 235 Å². The fourth-order valence-electron chi connectivity index (χ4n) is 5.77. The van der Waals surface area contributed by atoms with Gasteiger partial charge in [-0.25, -0.2) is 13.2 Å². The smallest absolute Gasteiger partial charge is 0.411 e. The molecular weight excluding hydrogens is 526 g/mol. The van der Waals surface area contributed by atoms with Crippen molar-refractivity contribution in [3.63, 3.8) is 0 Å². The third-order valence-electron chi connectivity index (χ3n) is 8.20. The van der Waals surface area contributed by atoms with Crippen molar-refractivity contribution in [3.8, 4) is 17.3 Å². The summed E-state index contributed by atoms with van der Waals surface area (Å²) in [4.78, 5) is 14.3. The standard InChI is InChI=1S/C30H35N5O4S/c1-20(2)39-30(36)32-22-8-6-21(7-9-22)29-27(19-31)26-13-10-24(18-28(26)35(29)23-4-3-5-23)33-14-16-34(17-15-33)40(37,38)25-11-12-25/h6-10,13,18,20,23,25H,3-5,11-12,14-17H2,1-2H3,(H,32,36). The molecule has 40 heavy (non-hydrogen) atoms. The monoisotopic (exact) mass is 561 g/mol. The molecule has 1 N–H and O–H groups in total. The number of nitrogens with one attached hydrogen (secondary N) is 1. The average Bonchev–Trinajstić information content (AvgIpc) is 3.72. The van der Waals surface area contributed by atoms with Crippen LogP contribution in [0, 0.1) is 11.3 Å². The molecule has 2 heterocycles. The molecule has 3 aromatic rings. The van der Waals surface area contributed by atoms with Crippen LogP contribution in [0.1, 0.15) is 57.6 Å². The number of carbonyl (C=O) groups is 1. The number of ether oxygens (including phenoxy) is 1. The molecule has 210 valence electrons. The highest BCUT2D eigenvalue weighted by Gasteiger charge is 2.41. The zero-order chi connectivity index (χ0) is 28.0. The first kappa shape index (κ1) is 26.7. The molecule has 1 saturated heterocycles. The second-order valence-electron chi connectivity index (χ2n) is 11.3. The van der Waals surface area contributed by atoms with Gasteiger partial charge in [-0.1, -0.05) is 12.1 Å². The molecule has 0 spiro atoms. The largest absolute Gasteiger partial charge is 0.447 e. The number of rotatable bonds is 7. The minimum atomic E-state index is -3.16. The minimum Gasteiger partial charge on any atom is -0.447 e. The van der Waals surface area contributed by atoms with Crippen LogP contribution >= 0.6 is 0 Å². The minimum absolute atomic E-state index is 0.178. The van der Waals surface area contributed by atoms with Crippen molar-refractivity contribution in [2.75, 3.05) is 36.4 Å². The van der Waals surface area contributed by atoms with Crippen LogP contribution in [0.4, 0.5) is 16.2 Å². The zero-order valence-corrected chi connectivity index (χ0v) is 23.8. The first-order valence-electron chi connectivity index (χ1n) is 14.2. The van der Waals surface area contributed by atoms with Crippen LogP contribution in [0.15, 0.2) is 42.5 Å². The lowest BCUT2D eigenvalue weighted by Gasteiger charge is -2.35. The van der Waals surface area contributed by atoms with Crippen molar-refractivity contribution in [2.45, 2.75) is 63.3 Å². The number of nitriles is 1. The molecule has 0 radical (unpaired) electrons. The molecule has 0 bridgehead atoms. The van der Waals surface area contributed by atoms with Crippen LogP contribution in [0.5, 0.6) is 0 Å². The molecule has 1 aromatic heterocycles. The van der Waals surface area contributed by atoms with Crippen molar-refractivity contribution < 1.29 is 17.9 Å². The predicted molar refractivity (Wildman–Crippen MR) is 156 cm³/mol. The van der Waals surface area contributed by atoms with Crippen LogP contribution in [-0.2, 0) is 14.8 Å². The summed E-state index contributed by atoms with van der Waals surface area (Å²) in [6.07, 6.45) is 4.14. The van der Waals surface area contributed by atoms with E-state index >= 15 is 0 Å². The van der Waals surface area contributed by atoms with E-state index in [0.717, 1.165) is 60.0 Å². The van der Waals surface area contributed by atoms with Gasteiger partial charge in [0.15, 0.2) is 0 Å². The zero-order valence-electron chi connectivity index (χ0n) is 23.0. The Morgan fingerprint density at radius 2 is 1.73 bits per heavy atom. The summed E-state index contributed by atoms with van der Waals surface area (Å²) in [5, 5.41) is 13.8. The molecule has 1 amide bonds. The summed E-state index contributed by atoms with van der Waals surface area (Å²) >= 11 is 0. The number of aromatic nitrogens is 1. The molecular formula is C30H35N5O4S. The highest BCUT2D eigenvalue weighted by atomic mass is 32.2. The number of hydrogen-bond donors (Lipinski definition) is 1. The molecule has 1 aliphatic heterocycles. The van der Waals surface area contributed by atoms with Gasteiger partial charge in [0.05, 0.1) is 28.1 Å². The molecule has 3 fully saturated rings. The number of benzene rings is 2. The van der Waals surface area contributed by atoms with Crippen LogP contribution in [0.2, 0.25) is 0 Å². The summed E-state index contributed by atoms with van der Waals surface area (Å²) < 4.78 is 34.6. The number of anilines is 2. The summed E-state index contributed by atoms with van der Waals surface area (Å²) in [5.41, 5.74) is 5.18. The topological polar surface area (TPSA) is 108 Å². The Kier molecular flexibility index (Phi) is 6.97. The number of hydrogen-bond acceptors (Lipinski definition) is 6. The number of piperazine rings is 1. The molecule has 0 unspecified atom stereocenters. The van der Waals surface area contributed by atoms with Crippen molar-refractivity contribution >= 4 is 38.4 Å². The molecule has 6 rings (SSSR count). The van der Waals surface area contributed by atoms with Gasteiger partial charge in [0, 0.05) is 49.0 Å². The second-order valence-corrected chi connectivity index (χ2v) is 13.5. The van der Waals surface area contributed by atoms with E-state index in [0.29, 0.717) is 43.5 Å². The molecule has 9 nitrogen and oxygen atoms in total. The molecule has 0 atom stereocenters. The molecule has 2 aliphatic carbocycles. The van der Waals surface area contributed by atoms with E-state index in [-0.39, 0.29) is 11.4 Å². The van der Waals surface area contributed by atoms with E-state index in [1.54, 1.807) is 18.2 Å². The predicted octanol–water partition coefficient (Wildman–Crippen LogP) is 5.48. The van der Waals surface area contributed by atoms with E-state index < -0.39 is 16.1 Å². The van der Waals surface area contributed by atoms with Crippen LogP contribution < -0.4 is 10.2 Å². The van der Waals surface area contributed by atoms with E-state index in [1.165, 1.54) is 0 Å². The third-order valence-corrected chi connectivity index (χ3v) is 10.6. The molecule has 10 heteroatoms. The first-order valence-corrected chi connectivity index (χ1v) is 15.7. The van der Waals surface area contributed by atoms with Gasteiger partial charge in [0.2, 0.25) is 10.0 Å². The molecule has 2 saturated carbocycles. The summed E-state index contributed by atoms with van der Waals surface area (Å²) in [5.74, 6) is 0. The highest BCUT2D eigenvalue weighted by Crippen LogP contribution is 2.43. The maximum absolute atomic E-state index is 12.7. The fraction of sp³-hybridized carbons (Fsp3) is 0.467. The Bertz CT molecular complexity index is 1570. The number of amides is 1. The van der Waals surface area contributed by atoms with Gasteiger partial charge in [0.25, 0.3) is 0 Å². The number of fused-ring (bicyclic) bond motifs is 1. The van der Waals surface area contributed by atoms with E-state index in [4.69, 9.17) is 4.74 Å². The second kappa shape index (κ2) is 10.5. The van der Waals surface area contributed by atoms with Gasteiger partial charge in [-0.05, 0) is 81.8 Å². The van der Waals surface area contributed by atoms with Crippen LogP contribution in [-0.4, -0.2) is 60.9 Å². The number of nitrogens with zero attached hydrogens (tertiary/aromatic N) is 4. The van der Waals surface area contributed by atoms with E-state index in [1.807, 2.05) is 30.3 Å². The lowest BCUT2D eigenvalue weighted by molar-refractivity contribution is 0.130. The van der Waals surface area contributed by atoms with Crippen molar-refractivity contribution in [3.05, 3.63) is 48.0 Å². The molecule has 3 aliphatic rings. The average molecular weight is 562 g/mol. The maximum Gasteiger partial charge on any atom is 0.411 e. The van der Waals surface area contributed by atoms with Gasteiger partial charge >= 0.3 is 6.09 Å². The normalized spacial score (nSPS) is 18.5. The van der Waals surface area contributed by atoms with E-state index in [2.05, 4.69) is 33.0 Å². The van der Waals surface area contributed by atoms with Gasteiger partial charge in [-0.15, -0.1) is 0 Å². The Morgan fingerprint density at radius 1 is 1.02 bits per heavy atom. The quantitative estimate of drug-likeness (QED) is 0.410. The first-order chi connectivity index (χ1) is 19.3. The van der Waals surface area contributed by atoms with Gasteiger partial charge in [-0.2, -0.15) is 9.57 Å². The fourth-order valence-corrected chi connectivity index (χ4v) is 7.59. The SMILES string of the molecule is CC(C)OC(=O)Nc1ccc(-c2c(C#N)c3ccc(N4CCN(S(=O)(=O)C5CC5)CC4)cc3n2C2CCC2)cc1. The Balaban J connectivity index is 1.32. The Hall–Kier alpha value is -3.55. The highest BCUT2D eigenvalue weighted by molar-refractivity contribution is 7.90. The van der Waals surface area contributed by atoms with Crippen LogP contribution in [0.3, 0.4) is 0 Å². The lowest BCUT2D eigenvalue weighted by atomic mass is 9.92. The third kappa shape index (κ3) is 4.93. The molecule has 2 aromatic carbocycles. The van der Waals surface area contributed by atoms with Crippen molar-refractivity contribution in [1.82, 2.24) is 8.87 Å². The Morgan fingerprint density at radius 3 is 2.30 bits per heavy atom. The van der Waals surface area contributed by atoms with E-state index in [9.17, 15) is 18.5 Å². The van der Waals surface area contributed by atoms with Gasteiger partial charge in [-0.3, -0.25) is 5.32 Å². The lowest BCUT2D eigenvalue weighted by Crippen LogP contribution is -2.49. The van der Waals surface area contributed by atoms with Crippen LogP contribution in [0.25, 0.3) is 22.2 Å². The summed E-state index contributed by atoms with van der Waals surface area (Å²) in [6, 6.07) is 16.6. The van der Waals surface area contributed by atoms with Gasteiger partial charge < -0.3 is 14.2 Å². The van der Waals surface area contributed by atoms with Crippen molar-refractivity contribution in [2.24, 2.45) is 0 Å². The number of carbonyl (C=O) groups excluding carboxylic acids is 1. The summed E-state index contributed by atoms with van der Waals surface area (Å²) in [7, 11) is -3.16. The van der Waals surface area contributed by atoms with Crippen molar-refractivity contribution in [1.29, 1.82) is 5.26 Å². The number of sulfonamides is 1.